The van der Waals surface area contributed by atoms with Crippen molar-refractivity contribution in [1.29, 1.82) is 0 Å². The van der Waals surface area contributed by atoms with E-state index in [0.29, 0.717) is 4.88 Å². The Labute approximate surface area is 148 Å². The lowest BCUT2D eigenvalue weighted by Gasteiger charge is -2.17. The Kier molecular flexibility index (Phi) is 3.79. The number of aromatic carboxylic acids is 1. The molecule has 1 atom stereocenters. The van der Waals surface area contributed by atoms with E-state index in [9.17, 15) is 15.0 Å². The van der Waals surface area contributed by atoms with Crippen LogP contribution >= 0.6 is 11.3 Å². The summed E-state index contributed by atoms with van der Waals surface area (Å²) >= 11 is 1.28. The summed E-state index contributed by atoms with van der Waals surface area (Å²) in [6.07, 6.45) is -0.596. The normalized spacial score (nSPS) is 12.6. The fraction of sp³-hybridized carbons (Fsp3) is 0.0952. The van der Waals surface area contributed by atoms with Crippen molar-refractivity contribution < 1.29 is 15.0 Å². The van der Waals surface area contributed by atoms with E-state index in [1.807, 2.05) is 54.6 Å². The molecule has 3 nitrogen and oxygen atoms in total. The molecule has 3 aromatic carbocycles. The Morgan fingerprint density at radius 2 is 1.40 bits per heavy atom. The largest absolute Gasteiger partial charge is 0.477 e. The van der Waals surface area contributed by atoms with Gasteiger partial charge in [-0.05, 0) is 46.2 Å². The van der Waals surface area contributed by atoms with Crippen LogP contribution in [0.3, 0.4) is 0 Å². The maximum absolute atomic E-state index is 11.3. The van der Waals surface area contributed by atoms with Crippen LogP contribution in [0.2, 0.25) is 0 Å². The molecule has 0 radical (unpaired) electrons. The summed E-state index contributed by atoms with van der Waals surface area (Å²) in [6.45, 7) is 1.78. The van der Waals surface area contributed by atoms with E-state index in [1.54, 1.807) is 13.0 Å². The molecule has 0 aliphatic carbocycles. The Balaban J connectivity index is 2.19. The van der Waals surface area contributed by atoms with Crippen molar-refractivity contribution >= 4 is 38.9 Å². The summed E-state index contributed by atoms with van der Waals surface area (Å²) in [6, 6.07) is 19.5. The minimum Gasteiger partial charge on any atom is -0.477 e. The maximum atomic E-state index is 11.3. The third-order valence-electron chi connectivity index (χ3n) is 4.45. The monoisotopic (exact) mass is 348 g/mol. The first-order valence-electron chi connectivity index (χ1n) is 8.03. The zero-order valence-electron chi connectivity index (χ0n) is 13.6. The van der Waals surface area contributed by atoms with Crippen LogP contribution in [-0.2, 0) is 0 Å². The zero-order valence-corrected chi connectivity index (χ0v) is 14.4. The summed E-state index contributed by atoms with van der Waals surface area (Å²) in [5.74, 6) is -0.912. The van der Waals surface area contributed by atoms with E-state index in [0.717, 1.165) is 37.5 Å². The Morgan fingerprint density at radius 1 is 0.880 bits per heavy atom. The van der Waals surface area contributed by atoms with Gasteiger partial charge in [-0.2, -0.15) is 0 Å². The van der Waals surface area contributed by atoms with Crippen LogP contribution < -0.4 is 0 Å². The number of carboxylic acids is 1. The van der Waals surface area contributed by atoms with E-state index in [1.165, 1.54) is 11.3 Å². The first-order chi connectivity index (χ1) is 12.1. The van der Waals surface area contributed by atoms with Crippen LogP contribution in [0.15, 0.2) is 60.7 Å². The molecule has 0 aliphatic heterocycles. The lowest BCUT2D eigenvalue weighted by atomic mass is 9.89. The molecule has 1 unspecified atom stereocenters. The standard InChI is InChI=1S/C21H16O3S/c1-12(22)19-13-6-2-4-8-15(13)20(16-9-5-3-7-14(16)19)17-10-11-18(25-17)21(23)24/h2-12,22H,1H3,(H,23,24). The van der Waals surface area contributed by atoms with Crippen molar-refractivity contribution in [3.63, 3.8) is 0 Å². The van der Waals surface area contributed by atoms with E-state index >= 15 is 0 Å². The van der Waals surface area contributed by atoms with Gasteiger partial charge in [-0.15, -0.1) is 11.3 Å². The number of rotatable bonds is 3. The molecule has 124 valence electrons. The fourth-order valence-electron chi connectivity index (χ4n) is 3.46. The van der Waals surface area contributed by atoms with Gasteiger partial charge >= 0.3 is 5.97 Å². The number of carbonyl (C=O) groups is 1. The van der Waals surface area contributed by atoms with Crippen molar-refractivity contribution in [2.24, 2.45) is 0 Å². The molecular weight excluding hydrogens is 332 g/mol. The Hall–Kier alpha value is -2.69. The molecule has 4 rings (SSSR count). The minimum absolute atomic E-state index is 0.322. The van der Waals surface area contributed by atoms with Gasteiger partial charge in [0, 0.05) is 10.4 Å². The predicted molar refractivity (Wildman–Crippen MR) is 102 cm³/mol. The third kappa shape index (κ3) is 2.51. The average molecular weight is 348 g/mol. The van der Waals surface area contributed by atoms with Crippen LogP contribution in [-0.4, -0.2) is 16.2 Å². The minimum atomic E-state index is -0.912. The molecule has 0 spiro atoms. The number of aliphatic hydroxyl groups excluding tert-OH is 1. The molecule has 0 saturated carbocycles. The Morgan fingerprint density at radius 3 is 1.84 bits per heavy atom. The molecule has 2 N–H and O–H groups in total. The topological polar surface area (TPSA) is 57.5 Å². The van der Waals surface area contributed by atoms with Crippen LogP contribution in [0.5, 0.6) is 0 Å². The van der Waals surface area contributed by atoms with Crippen LogP contribution in [0, 0.1) is 0 Å². The van der Waals surface area contributed by atoms with Crippen molar-refractivity contribution in [2.45, 2.75) is 13.0 Å². The molecular formula is C21H16O3S. The smallest absolute Gasteiger partial charge is 0.345 e. The highest BCUT2D eigenvalue weighted by Gasteiger charge is 2.19. The molecule has 25 heavy (non-hydrogen) atoms. The lowest BCUT2D eigenvalue weighted by Crippen LogP contribution is -1.96. The Bertz CT molecular complexity index is 1050. The summed E-state index contributed by atoms with van der Waals surface area (Å²) in [7, 11) is 0. The number of carboxylic acid groups (broad SMARTS) is 1. The predicted octanol–water partition coefficient (Wildman–Crippen LogP) is 5.47. The van der Waals surface area contributed by atoms with Crippen LogP contribution in [0.4, 0.5) is 0 Å². The van der Waals surface area contributed by atoms with E-state index in [2.05, 4.69) is 0 Å². The van der Waals surface area contributed by atoms with Gasteiger partial charge < -0.3 is 10.2 Å². The highest BCUT2D eigenvalue weighted by molar-refractivity contribution is 7.17. The number of benzene rings is 3. The quantitative estimate of drug-likeness (QED) is 0.482. The van der Waals surface area contributed by atoms with Gasteiger partial charge in [0.1, 0.15) is 4.88 Å². The summed E-state index contributed by atoms with van der Waals surface area (Å²) in [5, 5.41) is 23.7. The SMILES string of the molecule is CC(O)c1c2ccccc2c(-c2ccc(C(=O)O)s2)c2ccccc12. The van der Waals surface area contributed by atoms with Crippen LogP contribution in [0.1, 0.15) is 28.3 Å². The molecule has 0 bridgehead atoms. The lowest BCUT2D eigenvalue weighted by molar-refractivity contribution is 0.0702. The third-order valence-corrected chi connectivity index (χ3v) is 5.54. The van der Waals surface area contributed by atoms with E-state index in [-0.39, 0.29) is 0 Å². The highest BCUT2D eigenvalue weighted by atomic mass is 32.1. The van der Waals surface area contributed by atoms with E-state index in [4.69, 9.17) is 0 Å². The zero-order chi connectivity index (χ0) is 17.6. The van der Waals surface area contributed by atoms with Gasteiger partial charge in [0.25, 0.3) is 0 Å². The molecule has 4 aromatic rings. The first kappa shape index (κ1) is 15.8. The number of fused-ring (bicyclic) bond motifs is 2. The van der Waals surface area contributed by atoms with Gasteiger partial charge in [-0.25, -0.2) is 4.79 Å². The molecule has 4 heteroatoms. The summed E-state index contributed by atoms with van der Waals surface area (Å²) in [4.78, 5) is 12.5. The van der Waals surface area contributed by atoms with Gasteiger partial charge in [0.05, 0.1) is 6.10 Å². The van der Waals surface area contributed by atoms with Crippen molar-refractivity contribution in [3.8, 4) is 10.4 Å². The fourth-order valence-corrected chi connectivity index (χ4v) is 4.38. The number of hydrogen-bond donors (Lipinski definition) is 2. The molecule has 1 aromatic heterocycles. The number of thiophene rings is 1. The van der Waals surface area contributed by atoms with Crippen molar-refractivity contribution in [1.82, 2.24) is 0 Å². The molecule has 0 fully saturated rings. The molecule has 0 amide bonds. The number of aliphatic hydroxyl groups is 1. The van der Waals surface area contributed by atoms with Crippen molar-refractivity contribution in [3.05, 3.63) is 71.1 Å². The summed E-state index contributed by atoms with van der Waals surface area (Å²) in [5.41, 5.74) is 1.93. The van der Waals surface area contributed by atoms with Gasteiger partial charge in [-0.1, -0.05) is 48.5 Å². The van der Waals surface area contributed by atoms with Gasteiger partial charge in [-0.3, -0.25) is 0 Å². The summed E-state index contributed by atoms with van der Waals surface area (Å²) < 4.78 is 0. The van der Waals surface area contributed by atoms with Crippen molar-refractivity contribution in [2.75, 3.05) is 0 Å². The highest BCUT2D eigenvalue weighted by Crippen LogP contribution is 2.43. The van der Waals surface area contributed by atoms with E-state index < -0.39 is 12.1 Å². The van der Waals surface area contributed by atoms with Gasteiger partial charge in [0.15, 0.2) is 0 Å². The second-order valence-corrected chi connectivity index (χ2v) is 7.11. The average Bonchev–Trinajstić information content (AvgIpc) is 3.09. The molecule has 0 saturated heterocycles. The second-order valence-electron chi connectivity index (χ2n) is 6.02. The number of hydrogen-bond acceptors (Lipinski definition) is 3. The maximum Gasteiger partial charge on any atom is 0.345 e. The first-order valence-corrected chi connectivity index (χ1v) is 8.84. The molecule has 0 aliphatic rings. The van der Waals surface area contributed by atoms with Crippen LogP contribution in [0.25, 0.3) is 32.0 Å². The molecule has 1 heterocycles. The second kappa shape index (κ2) is 5.99. The van der Waals surface area contributed by atoms with Gasteiger partial charge in [0.2, 0.25) is 0 Å².